The van der Waals surface area contributed by atoms with Gasteiger partial charge in [-0.25, -0.2) is 0 Å². The van der Waals surface area contributed by atoms with E-state index in [0.29, 0.717) is 61.2 Å². The highest BCUT2D eigenvalue weighted by molar-refractivity contribution is 9.11. The molecule has 0 amide bonds. The zero-order valence-electron chi connectivity index (χ0n) is 16.9. The number of halogens is 6. The van der Waals surface area contributed by atoms with Crippen molar-refractivity contribution in [3.05, 3.63) is 78.9 Å². The lowest BCUT2D eigenvalue weighted by molar-refractivity contribution is -0.782. The monoisotopic (exact) mass is 876 g/mol. The Morgan fingerprint density at radius 3 is 0.889 bits per heavy atom. The van der Waals surface area contributed by atoms with Gasteiger partial charge in [0.2, 0.25) is 16.6 Å². The molecular formula is C18H6Br6N6O6. The Balaban J connectivity index is 0.000000127. The van der Waals surface area contributed by atoms with Crippen molar-refractivity contribution < 1.29 is 28.6 Å². The van der Waals surface area contributed by atoms with E-state index >= 15 is 0 Å². The van der Waals surface area contributed by atoms with Gasteiger partial charge in [0.25, 0.3) is 16.6 Å². The third-order valence-electron chi connectivity index (χ3n) is 4.32. The van der Waals surface area contributed by atoms with Crippen molar-refractivity contribution in [1.29, 1.82) is 0 Å². The number of fused-ring (bicyclic) bond motifs is 3. The molecule has 0 unspecified atom stereocenters. The van der Waals surface area contributed by atoms with Crippen LogP contribution in [0.25, 0.3) is 33.1 Å². The third-order valence-corrected chi connectivity index (χ3v) is 8.16. The van der Waals surface area contributed by atoms with E-state index in [1.54, 1.807) is 36.4 Å². The van der Waals surface area contributed by atoms with E-state index in [0.717, 1.165) is 13.4 Å². The molecule has 18 heteroatoms. The first-order chi connectivity index (χ1) is 17.1. The summed E-state index contributed by atoms with van der Waals surface area (Å²) in [5, 5.41) is 43.7. The summed E-state index contributed by atoms with van der Waals surface area (Å²) in [7, 11) is 0. The molecule has 0 N–H and O–H groups in total. The van der Waals surface area contributed by atoms with Gasteiger partial charge in [0.05, 0.1) is 26.8 Å². The zero-order chi connectivity index (χ0) is 26.1. The molecule has 186 valence electrons. The number of hydrogen-bond acceptors (Lipinski definition) is 9. The first kappa shape index (κ1) is 27.2. The molecule has 6 aromatic rings. The molecule has 0 spiro atoms. The molecule has 36 heavy (non-hydrogen) atoms. The number of rotatable bonds is 0. The van der Waals surface area contributed by atoms with Gasteiger partial charge in [-0.05, 0) is 147 Å². The van der Waals surface area contributed by atoms with E-state index in [1.807, 2.05) is 0 Å². The second-order valence-corrected chi connectivity index (χ2v) is 11.6. The fourth-order valence-corrected chi connectivity index (χ4v) is 5.30. The lowest BCUT2D eigenvalue weighted by atomic mass is 10.3. The highest BCUT2D eigenvalue weighted by atomic mass is 79.9. The predicted molar refractivity (Wildman–Crippen MR) is 145 cm³/mol. The Morgan fingerprint density at radius 2 is 0.667 bits per heavy atom. The summed E-state index contributed by atoms with van der Waals surface area (Å²) in [4.78, 5) is 1.10. The molecule has 0 saturated carbocycles. The molecule has 0 fully saturated rings. The molecule has 0 radical (unpaired) electrons. The Kier molecular flexibility index (Phi) is 8.50. The summed E-state index contributed by atoms with van der Waals surface area (Å²) >= 11 is 19.4. The van der Waals surface area contributed by atoms with Crippen molar-refractivity contribution in [3.63, 3.8) is 0 Å². The lowest BCUT2D eigenvalue weighted by Crippen LogP contribution is -2.22. The molecule has 3 aromatic heterocycles. The minimum absolute atomic E-state index is 0.365. The topological polar surface area (TPSA) is 159 Å². The van der Waals surface area contributed by atoms with E-state index in [-0.39, 0.29) is 0 Å². The van der Waals surface area contributed by atoms with Gasteiger partial charge >= 0.3 is 0 Å². The molecule has 0 aliphatic carbocycles. The molecule has 3 aromatic carbocycles. The quantitative estimate of drug-likeness (QED) is 0.168. The summed E-state index contributed by atoms with van der Waals surface area (Å²) < 4.78 is 17.5. The number of benzene rings is 3. The van der Waals surface area contributed by atoms with Crippen molar-refractivity contribution >= 4 is 129 Å². The van der Waals surface area contributed by atoms with Crippen LogP contribution in [0.3, 0.4) is 0 Å². The average molecular weight is 882 g/mol. The smallest absolute Gasteiger partial charge is 0.263 e. The van der Waals surface area contributed by atoms with Crippen LogP contribution in [0, 0.1) is 15.6 Å². The molecule has 12 nitrogen and oxygen atoms in total. The molecule has 0 bridgehead atoms. The first-order valence-corrected chi connectivity index (χ1v) is 13.9. The van der Waals surface area contributed by atoms with Crippen molar-refractivity contribution in [2.45, 2.75) is 0 Å². The molecule has 0 aliphatic heterocycles. The molecule has 0 atom stereocenters. The first-order valence-electron chi connectivity index (χ1n) is 9.10. The van der Waals surface area contributed by atoms with Gasteiger partial charge in [0.1, 0.15) is 0 Å². The van der Waals surface area contributed by atoms with E-state index in [1.165, 1.54) is 0 Å². The van der Waals surface area contributed by atoms with Gasteiger partial charge in [-0.1, -0.05) is 0 Å². The fraction of sp³-hybridized carbons (Fsp3) is 0. The van der Waals surface area contributed by atoms with Crippen LogP contribution in [-0.2, 0) is 0 Å². The molecular weight excluding hydrogens is 876 g/mol. The van der Waals surface area contributed by atoms with Crippen LogP contribution in [0.2, 0.25) is 0 Å². The third kappa shape index (κ3) is 5.38. The van der Waals surface area contributed by atoms with Gasteiger partial charge in [-0.3, -0.25) is 13.9 Å². The zero-order valence-corrected chi connectivity index (χ0v) is 26.4. The van der Waals surface area contributed by atoms with Crippen LogP contribution >= 0.6 is 95.6 Å². The van der Waals surface area contributed by atoms with Crippen molar-refractivity contribution in [2.24, 2.45) is 0 Å². The van der Waals surface area contributed by atoms with E-state index in [2.05, 4.69) is 125 Å². The van der Waals surface area contributed by atoms with Gasteiger partial charge in [-0.2, -0.15) is 0 Å². The van der Waals surface area contributed by atoms with Crippen LogP contribution < -0.4 is 14.7 Å². The van der Waals surface area contributed by atoms with Crippen LogP contribution in [-0.4, -0.2) is 15.5 Å². The van der Waals surface area contributed by atoms with Gasteiger partial charge in [0.15, 0.2) is 0 Å². The van der Waals surface area contributed by atoms with Gasteiger partial charge in [0, 0.05) is 15.5 Å². The normalized spacial score (nSPS) is 10.8. The summed E-state index contributed by atoms with van der Waals surface area (Å²) in [5.74, 6) is 0. The molecule has 0 saturated heterocycles. The second-order valence-electron chi connectivity index (χ2n) is 6.47. The Morgan fingerprint density at radius 1 is 0.444 bits per heavy atom. The Hall–Kier alpha value is -1.86. The average Bonchev–Trinajstić information content (AvgIpc) is 3.55. The summed E-state index contributed by atoms with van der Waals surface area (Å²) in [6.07, 6.45) is 0. The SMILES string of the molecule is [O-][n+]1onc2c(Br)ccc(Br)c21.[O-][n+]1onc2c(Br)ccc(Br)c21.[O-][n+]1onc2c(Br)ccc(Br)c21. The molecule has 6 rings (SSSR count). The summed E-state index contributed by atoms with van der Waals surface area (Å²) in [5.41, 5.74) is 2.72. The summed E-state index contributed by atoms with van der Waals surface area (Å²) in [6, 6.07) is 10.6. The second kappa shape index (κ2) is 11.3. The van der Waals surface area contributed by atoms with E-state index < -0.39 is 0 Å². The van der Waals surface area contributed by atoms with Crippen LogP contribution in [0.15, 0.2) is 77.1 Å². The fourth-order valence-electron chi connectivity index (χ4n) is 2.73. The van der Waals surface area contributed by atoms with Gasteiger partial charge in [-0.15, -0.1) is 0 Å². The van der Waals surface area contributed by atoms with Gasteiger partial charge < -0.3 is 15.6 Å². The Bertz CT molecular complexity index is 1520. The van der Waals surface area contributed by atoms with E-state index in [4.69, 9.17) is 0 Å². The van der Waals surface area contributed by atoms with E-state index in [9.17, 15) is 15.6 Å². The van der Waals surface area contributed by atoms with Crippen LogP contribution in [0.4, 0.5) is 0 Å². The number of aromatic nitrogens is 6. The maximum Gasteiger partial charge on any atom is 0.263 e. The minimum atomic E-state index is 0.365. The molecule has 0 aliphatic rings. The van der Waals surface area contributed by atoms with Crippen LogP contribution in [0.1, 0.15) is 0 Å². The minimum Gasteiger partial charge on any atom is -0.359 e. The Labute approximate surface area is 249 Å². The highest BCUT2D eigenvalue weighted by Gasteiger charge is 2.17. The predicted octanol–water partition coefficient (Wildman–Crippen LogP) is 5.96. The maximum atomic E-state index is 11.0. The standard InChI is InChI=1S/3C6H2Br2N2O2/c3*7-3-1-2-4(8)6-5(3)9-12-10(6)11/h3*1-2H. The lowest BCUT2D eigenvalue weighted by Gasteiger charge is -1.90. The molecule has 3 heterocycles. The summed E-state index contributed by atoms with van der Waals surface area (Å²) in [6.45, 7) is 0. The largest absolute Gasteiger partial charge is 0.359 e. The maximum absolute atomic E-state index is 11.0. The van der Waals surface area contributed by atoms with Crippen LogP contribution in [0.5, 0.6) is 0 Å². The number of nitrogens with zero attached hydrogens (tertiary/aromatic N) is 6. The highest BCUT2D eigenvalue weighted by Crippen LogP contribution is 2.28. The van der Waals surface area contributed by atoms with Crippen molar-refractivity contribution in [1.82, 2.24) is 15.5 Å². The van der Waals surface area contributed by atoms with Crippen molar-refractivity contribution in [3.8, 4) is 0 Å². The number of hydrogen-bond donors (Lipinski definition) is 0. The van der Waals surface area contributed by atoms with Crippen molar-refractivity contribution in [2.75, 3.05) is 0 Å².